The molecule has 0 aliphatic heterocycles. The molecule has 4 nitrogen and oxygen atoms in total. The maximum absolute atomic E-state index is 14.0. The molecule has 3 aromatic rings. The first-order valence-electron chi connectivity index (χ1n) is 8.09. The summed E-state index contributed by atoms with van der Waals surface area (Å²) in [5, 5.41) is 13.5. The Kier molecular flexibility index (Phi) is 6.91. The summed E-state index contributed by atoms with van der Waals surface area (Å²) >= 11 is 0. The van der Waals surface area contributed by atoms with Crippen molar-refractivity contribution in [3.63, 3.8) is 0 Å². The molecule has 1 aromatic heterocycles. The van der Waals surface area contributed by atoms with Gasteiger partial charge in [0.05, 0.1) is 5.69 Å². The van der Waals surface area contributed by atoms with Crippen molar-refractivity contribution in [3.05, 3.63) is 75.2 Å². The topological polar surface area (TPSA) is 55.1 Å². The summed E-state index contributed by atoms with van der Waals surface area (Å²) < 4.78 is 133. The molecular formula is C18H6CuF10N2O2. The van der Waals surface area contributed by atoms with Crippen LogP contribution in [0.1, 0.15) is 27.2 Å². The summed E-state index contributed by atoms with van der Waals surface area (Å²) in [5.74, 6) is -19.6. The predicted molar refractivity (Wildman–Crippen MR) is 84.5 cm³/mol. The number of benzene rings is 2. The van der Waals surface area contributed by atoms with Crippen LogP contribution in [-0.2, 0) is 23.2 Å². The van der Waals surface area contributed by atoms with Gasteiger partial charge in [-0.05, 0) is 19.1 Å². The number of carbonyl (C=O) groups excluding carboxylic acids is 1. The third-order valence-corrected chi connectivity index (χ3v) is 4.25. The monoisotopic (exact) mass is 535 g/mol. The maximum atomic E-state index is 14.0. The van der Waals surface area contributed by atoms with Gasteiger partial charge >= 0.3 is 6.18 Å². The fourth-order valence-electron chi connectivity index (χ4n) is 2.84. The van der Waals surface area contributed by atoms with Crippen LogP contribution >= 0.6 is 0 Å². The molecule has 1 N–H and O–H groups in total. The van der Waals surface area contributed by atoms with E-state index in [1.54, 1.807) is 0 Å². The molecule has 0 saturated heterocycles. The van der Waals surface area contributed by atoms with Crippen LogP contribution in [-0.4, -0.2) is 20.7 Å². The van der Waals surface area contributed by atoms with Gasteiger partial charge in [0.15, 0.2) is 23.3 Å². The molecule has 0 fully saturated rings. The molecule has 3 rings (SSSR count). The molecule has 33 heavy (non-hydrogen) atoms. The minimum Gasteiger partial charge on any atom is -0.493 e. The molecule has 15 heteroatoms. The van der Waals surface area contributed by atoms with Gasteiger partial charge in [0, 0.05) is 22.6 Å². The number of alkyl halides is 3. The summed E-state index contributed by atoms with van der Waals surface area (Å²) in [6.45, 7) is 0.909. The predicted octanol–water partition coefficient (Wildman–Crippen LogP) is 5.11. The van der Waals surface area contributed by atoms with Crippen LogP contribution in [0.3, 0.4) is 0 Å². The first kappa shape index (κ1) is 26.2. The number of carbonyl (C=O) groups is 1. The van der Waals surface area contributed by atoms with Crippen LogP contribution in [0.25, 0.3) is 5.69 Å². The maximum Gasteiger partial charge on any atom is 0.422 e. The fraction of sp³-hybridized carbons (Fsp3) is 0.111. The minimum atomic E-state index is -5.44. The summed E-state index contributed by atoms with van der Waals surface area (Å²) in [6, 6.07) is -0.0221. The third kappa shape index (κ3) is 4.17. The molecule has 0 amide bonds. The Morgan fingerprint density at radius 2 is 1.30 bits per heavy atom. The first-order chi connectivity index (χ1) is 14.7. The van der Waals surface area contributed by atoms with Crippen LogP contribution in [0.2, 0.25) is 0 Å². The van der Waals surface area contributed by atoms with E-state index in [1.807, 2.05) is 0 Å². The number of hydrogen-bond donors (Lipinski definition) is 1. The van der Waals surface area contributed by atoms with E-state index in [-0.39, 0.29) is 33.9 Å². The van der Waals surface area contributed by atoms with Crippen molar-refractivity contribution in [1.82, 2.24) is 9.78 Å². The molecule has 0 bridgehead atoms. The van der Waals surface area contributed by atoms with E-state index in [2.05, 4.69) is 5.10 Å². The number of aromatic hydroxyl groups is 1. The van der Waals surface area contributed by atoms with E-state index in [1.165, 1.54) is 0 Å². The summed E-state index contributed by atoms with van der Waals surface area (Å²) in [7, 11) is 0. The Morgan fingerprint density at radius 1 is 0.879 bits per heavy atom. The molecule has 0 aliphatic carbocycles. The summed E-state index contributed by atoms with van der Waals surface area (Å²) in [4.78, 5) is 12.5. The van der Waals surface area contributed by atoms with E-state index in [4.69, 9.17) is 0 Å². The number of nitrogens with zero attached hydrogens (tertiary/aromatic N) is 2. The first-order valence-corrected chi connectivity index (χ1v) is 8.09. The van der Waals surface area contributed by atoms with Crippen LogP contribution in [0.5, 0.6) is 5.88 Å². The van der Waals surface area contributed by atoms with Crippen LogP contribution < -0.4 is 0 Å². The second-order valence-corrected chi connectivity index (χ2v) is 6.26. The van der Waals surface area contributed by atoms with Gasteiger partial charge in [-0.2, -0.15) is 23.0 Å². The second-order valence-electron chi connectivity index (χ2n) is 6.26. The Bertz CT molecular complexity index is 1230. The average Bonchev–Trinajstić information content (AvgIpc) is 2.96. The van der Waals surface area contributed by atoms with Crippen LogP contribution in [0.15, 0.2) is 12.1 Å². The Hall–Kier alpha value is -3.06. The zero-order valence-electron chi connectivity index (χ0n) is 15.5. The van der Waals surface area contributed by atoms with Gasteiger partial charge in [-0.15, -0.1) is 0 Å². The van der Waals surface area contributed by atoms with Gasteiger partial charge in [0.1, 0.15) is 28.4 Å². The van der Waals surface area contributed by atoms with Gasteiger partial charge < -0.3 is 5.11 Å². The van der Waals surface area contributed by atoms with Crippen molar-refractivity contribution in [2.75, 3.05) is 0 Å². The zero-order chi connectivity index (χ0) is 24.3. The van der Waals surface area contributed by atoms with Crippen molar-refractivity contribution in [2.24, 2.45) is 0 Å². The van der Waals surface area contributed by atoms with Crippen molar-refractivity contribution in [2.45, 2.75) is 13.1 Å². The molecule has 1 radical (unpaired) electrons. The SMILES string of the molecule is Cc1nn(-c2c(F)c(F)c(F)c(F)c2F)c(O)c1C(=O)c1cc(F)c(C(F)(F)F)c(F)c1.[Cu]. The molecule has 0 saturated carbocycles. The van der Waals surface area contributed by atoms with E-state index in [0.717, 1.165) is 6.92 Å². The normalized spacial score (nSPS) is 11.5. The standard InChI is InChI=1S/C18H6F10N2O2.Cu/c1-4-8(16(31)5-2-6(19)9(7(20)3-5)18(26,27)28)17(32)30(29-4)15-13(24)11(22)10(21)12(23)14(15)25;/h2-3,32H,1H3;. The molecule has 181 valence electrons. The molecule has 0 unspecified atom stereocenters. The third-order valence-electron chi connectivity index (χ3n) is 4.25. The van der Waals surface area contributed by atoms with Crippen molar-refractivity contribution >= 4 is 5.78 Å². The smallest absolute Gasteiger partial charge is 0.422 e. The molecule has 0 aliphatic rings. The Morgan fingerprint density at radius 3 is 1.73 bits per heavy atom. The Balaban J connectivity index is 0.00000385. The minimum absolute atomic E-state index is 0. The summed E-state index contributed by atoms with van der Waals surface area (Å²) in [6.07, 6.45) is -5.44. The fourth-order valence-corrected chi connectivity index (χ4v) is 2.84. The van der Waals surface area contributed by atoms with E-state index in [0.29, 0.717) is 0 Å². The number of hydrogen-bond acceptors (Lipinski definition) is 3. The average molecular weight is 536 g/mol. The number of rotatable bonds is 3. The number of aryl methyl sites for hydroxylation is 1. The van der Waals surface area contributed by atoms with Crippen LogP contribution in [0, 0.1) is 47.6 Å². The molecule has 1 heterocycles. The van der Waals surface area contributed by atoms with Gasteiger partial charge in [-0.1, -0.05) is 0 Å². The van der Waals surface area contributed by atoms with Crippen molar-refractivity contribution < 1.29 is 70.9 Å². The zero-order valence-corrected chi connectivity index (χ0v) is 16.4. The van der Waals surface area contributed by atoms with E-state index < -0.39 is 86.6 Å². The number of halogens is 10. The molecule has 0 atom stereocenters. The number of aromatic nitrogens is 2. The van der Waals surface area contributed by atoms with Gasteiger partial charge in [-0.3, -0.25) is 4.79 Å². The molecular weight excluding hydrogens is 530 g/mol. The van der Waals surface area contributed by atoms with Gasteiger partial charge in [-0.25, -0.2) is 30.7 Å². The number of ketones is 1. The second kappa shape index (κ2) is 8.71. The quantitative estimate of drug-likeness (QED) is 0.167. The van der Waals surface area contributed by atoms with Gasteiger partial charge in [0.2, 0.25) is 17.5 Å². The van der Waals surface area contributed by atoms with E-state index in [9.17, 15) is 53.8 Å². The largest absolute Gasteiger partial charge is 0.493 e. The van der Waals surface area contributed by atoms with Crippen LogP contribution in [0.4, 0.5) is 43.9 Å². The Labute approximate surface area is 186 Å². The molecule has 0 spiro atoms. The van der Waals surface area contributed by atoms with E-state index >= 15 is 0 Å². The van der Waals surface area contributed by atoms with Gasteiger partial charge in [0.25, 0.3) is 0 Å². The van der Waals surface area contributed by atoms with Crippen molar-refractivity contribution in [1.29, 1.82) is 0 Å². The van der Waals surface area contributed by atoms with Crippen molar-refractivity contribution in [3.8, 4) is 11.6 Å². The molecule has 2 aromatic carbocycles. The summed E-state index contributed by atoms with van der Waals surface area (Å²) in [5.41, 5.74) is -6.77.